The van der Waals surface area contributed by atoms with Crippen molar-refractivity contribution in [1.82, 2.24) is 4.98 Å². The van der Waals surface area contributed by atoms with Gasteiger partial charge in [0, 0.05) is 41.1 Å². The smallest absolute Gasteiger partial charge is 0.180 e. The van der Waals surface area contributed by atoms with Gasteiger partial charge in [0.15, 0.2) is 11.9 Å². The molecule has 0 saturated carbocycles. The number of nitrogens with zero attached hydrogens (tertiary/aromatic N) is 2. The molecule has 30 heavy (non-hydrogen) atoms. The molecule has 2 nitrogen and oxygen atoms in total. The fourth-order valence-electron chi connectivity index (χ4n) is 3.85. The first-order valence-electron chi connectivity index (χ1n) is 9.38. The van der Waals surface area contributed by atoms with Crippen LogP contribution >= 0.6 is 0 Å². The number of hydrogen-bond acceptors (Lipinski definition) is 1. The Balaban J connectivity index is 0.00000128. The van der Waals surface area contributed by atoms with Gasteiger partial charge in [-0.1, -0.05) is 54.3 Å². The predicted octanol–water partition coefficient (Wildman–Crippen LogP) is 5.07. The van der Waals surface area contributed by atoms with Crippen LogP contribution in [0.5, 0.6) is 0 Å². The summed E-state index contributed by atoms with van der Waals surface area (Å²) in [4.78, 5) is 4.31. The van der Waals surface area contributed by atoms with Crippen molar-refractivity contribution in [3.63, 3.8) is 0 Å². The largest absolute Gasteiger partial charge is 0.260 e. The second kappa shape index (κ2) is 9.20. The summed E-state index contributed by atoms with van der Waals surface area (Å²) in [5, 5.41) is 4.92. The molecule has 0 aliphatic carbocycles. The Morgan fingerprint density at radius 3 is 2.53 bits per heavy atom. The van der Waals surface area contributed by atoms with E-state index in [0.717, 1.165) is 22.4 Å². The topological polar surface area (TPSA) is 16.8 Å². The monoisotopic (exact) mass is 459 g/mol. The van der Waals surface area contributed by atoms with Gasteiger partial charge in [-0.3, -0.25) is 4.98 Å². The third kappa shape index (κ3) is 3.85. The minimum absolute atomic E-state index is 0. The molecular weight excluding hydrogens is 440 g/mol. The third-order valence-corrected chi connectivity index (χ3v) is 5.33. The molecule has 1 aromatic heterocycles. The van der Waals surface area contributed by atoms with Crippen LogP contribution in [0.2, 0.25) is 0 Å². The summed E-state index contributed by atoms with van der Waals surface area (Å²) < 4.78 is 2.08. The van der Waals surface area contributed by atoms with Crippen molar-refractivity contribution < 1.29 is 37.3 Å². The van der Waals surface area contributed by atoms with Gasteiger partial charge in [0.2, 0.25) is 0 Å². The van der Waals surface area contributed by atoms with Gasteiger partial charge >= 0.3 is 0 Å². The number of fused-ring (bicyclic) bond motifs is 3. The van der Waals surface area contributed by atoms with E-state index in [9.17, 15) is 0 Å². The second-order valence-corrected chi connectivity index (χ2v) is 7.11. The molecule has 0 saturated heterocycles. The van der Waals surface area contributed by atoms with E-state index in [0.29, 0.717) is 0 Å². The van der Waals surface area contributed by atoms with Crippen molar-refractivity contribution in [1.29, 1.82) is 0 Å². The maximum Gasteiger partial charge on any atom is 0.180 e. The molecule has 0 atom stereocenters. The Labute approximate surface area is 204 Å². The van der Waals surface area contributed by atoms with Gasteiger partial charge in [-0.2, -0.15) is 29.8 Å². The standard InChI is InChI=1S/C26H19N2.B.Y/c1-18-10-11-21(16-24(18)25-17-27-14-15-28(25)2)23-9-5-7-20-13-12-19-6-3-4-8-22(19)26(20)23;;/h3-8,10-15,17H,1-2H3;;/q-1;;. The van der Waals surface area contributed by atoms with Crippen LogP contribution in [0.25, 0.3) is 43.9 Å². The van der Waals surface area contributed by atoms with E-state index in [1.807, 2.05) is 25.5 Å². The molecule has 0 bridgehead atoms. The summed E-state index contributed by atoms with van der Waals surface area (Å²) >= 11 is 0. The van der Waals surface area contributed by atoms with Gasteiger partial charge < -0.3 is 0 Å². The first-order chi connectivity index (χ1) is 13.7. The van der Waals surface area contributed by atoms with Gasteiger partial charge in [0.25, 0.3) is 0 Å². The summed E-state index contributed by atoms with van der Waals surface area (Å²) in [6.07, 6.45) is 5.66. The van der Waals surface area contributed by atoms with Crippen molar-refractivity contribution >= 4 is 30.0 Å². The molecule has 0 fully saturated rings. The summed E-state index contributed by atoms with van der Waals surface area (Å²) in [6.45, 7) is 2.12. The molecule has 140 valence electrons. The maximum absolute atomic E-state index is 4.31. The van der Waals surface area contributed by atoms with Crippen LogP contribution in [-0.2, 0) is 39.8 Å². The normalized spacial score (nSPS) is 10.5. The summed E-state index contributed by atoms with van der Waals surface area (Å²) in [5.41, 5.74) is 5.43. The molecule has 4 radical (unpaired) electrons. The van der Waals surface area contributed by atoms with Crippen LogP contribution < -0.4 is 4.57 Å². The Kier molecular flexibility index (Phi) is 6.85. The average Bonchev–Trinajstić information content (AvgIpc) is 2.74. The van der Waals surface area contributed by atoms with Crippen LogP contribution in [0.3, 0.4) is 0 Å². The van der Waals surface area contributed by atoms with Crippen molar-refractivity contribution in [3.05, 3.63) is 97.0 Å². The number of rotatable bonds is 2. The Bertz CT molecular complexity index is 1350. The second-order valence-electron chi connectivity index (χ2n) is 7.11. The summed E-state index contributed by atoms with van der Waals surface area (Å²) in [7, 11) is 2.04. The molecule has 0 aliphatic rings. The first kappa shape index (κ1) is 22.3. The Morgan fingerprint density at radius 2 is 1.70 bits per heavy atom. The zero-order chi connectivity index (χ0) is 19.1. The molecule has 0 spiro atoms. The third-order valence-electron chi connectivity index (χ3n) is 5.33. The van der Waals surface area contributed by atoms with Crippen LogP contribution in [-0.4, -0.2) is 13.4 Å². The van der Waals surface area contributed by atoms with Crippen LogP contribution in [0.15, 0.2) is 79.3 Å². The van der Waals surface area contributed by atoms with Crippen LogP contribution in [0.4, 0.5) is 0 Å². The van der Waals surface area contributed by atoms with E-state index in [4.69, 9.17) is 0 Å². The van der Waals surface area contributed by atoms with E-state index >= 15 is 0 Å². The van der Waals surface area contributed by atoms with E-state index in [2.05, 4.69) is 83.2 Å². The molecule has 5 rings (SSSR count). The number of aryl methyl sites for hydroxylation is 2. The average molecular weight is 459 g/mol. The van der Waals surface area contributed by atoms with E-state index in [1.165, 1.54) is 27.1 Å². The summed E-state index contributed by atoms with van der Waals surface area (Å²) in [5.74, 6) is 0. The van der Waals surface area contributed by atoms with Crippen molar-refractivity contribution in [2.45, 2.75) is 6.92 Å². The number of hydrogen-bond donors (Lipinski definition) is 0. The van der Waals surface area contributed by atoms with Crippen LogP contribution in [0.1, 0.15) is 5.56 Å². The zero-order valence-electron chi connectivity index (χ0n) is 17.1. The van der Waals surface area contributed by atoms with Gasteiger partial charge in [-0.25, -0.2) is 10.1 Å². The Hall–Kier alpha value is -2.35. The fraction of sp³-hybridized carbons (Fsp3) is 0.0769. The van der Waals surface area contributed by atoms with Crippen molar-refractivity contribution in [2.75, 3.05) is 0 Å². The SMILES string of the molecule is Cc1ccc(-c2[c-]ccc3ccc4ccccc4c23)[c-]c1-c1cncc[n+]1C.[B].[Y]. The molecule has 5 aromatic rings. The maximum atomic E-state index is 4.31. The fourth-order valence-corrected chi connectivity index (χ4v) is 3.85. The molecule has 4 aromatic carbocycles. The molecule has 1 heterocycles. The minimum atomic E-state index is 0. The number of aromatic nitrogens is 2. The number of benzene rings is 4. The summed E-state index contributed by atoms with van der Waals surface area (Å²) in [6, 6.07) is 28.4. The zero-order valence-corrected chi connectivity index (χ0v) is 19.9. The van der Waals surface area contributed by atoms with Gasteiger partial charge in [-0.15, -0.1) is 28.5 Å². The molecule has 0 unspecified atom stereocenters. The van der Waals surface area contributed by atoms with E-state index in [1.54, 1.807) is 6.20 Å². The first-order valence-corrected chi connectivity index (χ1v) is 9.38. The molecule has 4 heteroatoms. The Morgan fingerprint density at radius 1 is 0.900 bits per heavy atom. The van der Waals surface area contributed by atoms with Crippen molar-refractivity contribution in [2.24, 2.45) is 7.05 Å². The van der Waals surface area contributed by atoms with Gasteiger partial charge in [0.05, 0.1) is 12.4 Å². The molecule has 0 N–H and O–H groups in total. The van der Waals surface area contributed by atoms with E-state index < -0.39 is 0 Å². The predicted molar refractivity (Wildman–Crippen MR) is 119 cm³/mol. The van der Waals surface area contributed by atoms with E-state index in [-0.39, 0.29) is 41.1 Å². The van der Waals surface area contributed by atoms with Gasteiger partial charge in [0.1, 0.15) is 7.05 Å². The van der Waals surface area contributed by atoms with Crippen LogP contribution in [0, 0.1) is 19.1 Å². The quantitative estimate of drug-likeness (QED) is 0.156. The molecule has 0 aliphatic heterocycles. The minimum Gasteiger partial charge on any atom is -0.260 e. The van der Waals surface area contributed by atoms with Crippen molar-refractivity contribution in [3.8, 4) is 22.4 Å². The molecule has 0 amide bonds. The molecular formula is C26H19BN2Y-. The van der Waals surface area contributed by atoms with Gasteiger partial charge in [-0.05, 0) is 5.39 Å².